The lowest BCUT2D eigenvalue weighted by atomic mass is 9.87. The molecule has 1 saturated heterocycles. The van der Waals surface area contributed by atoms with Crippen molar-refractivity contribution in [3.63, 3.8) is 0 Å². The van der Waals surface area contributed by atoms with Crippen LogP contribution in [-0.2, 0) is 16.0 Å². The molecule has 1 aromatic carbocycles. The number of aryl methyl sites for hydroxylation is 1. The predicted molar refractivity (Wildman–Crippen MR) is 80.9 cm³/mol. The van der Waals surface area contributed by atoms with Crippen molar-refractivity contribution in [2.45, 2.75) is 38.6 Å². The van der Waals surface area contributed by atoms with Crippen LogP contribution in [0.2, 0.25) is 0 Å². The summed E-state index contributed by atoms with van der Waals surface area (Å²) in [5, 5.41) is 0. The molecule has 0 radical (unpaired) electrons. The number of morpholine rings is 1. The maximum Gasteiger partial charge on any atom is 0.153 e. The molecule has 1 heterocycles. The molecule has 1 unspecified atom stereocenters. The van der Waals surface area contributed by atoms with Crippen molar-refractivity contribution >= 4 is 5.78 Å². The van der Waals surface area contributed by atoms with E-state index in [0.717, 1.165) is 39.1 Å². The monoisotopic (exact) mass is 275 g/mol. The van der Waals surface area contributed by atoms with Gasteiger partial charge < -0.3 is 4.74 Å². The number of benzene rings is 1. The van der Waals surface area contributed by atoms with E-state index >= 15 is 0 Å². The molecule has 0 bridgehead atoms. The number of ketones is 1. The van der Waals surface area contributed by atoms with E-state index in [0.29, 0.717) is 12.2 Å². The lowest BCUT2D eigenvalue weighted by Crippen LogP contribution is -2.56. The van der Waals surface area contributed by atoms with E-state index < -0.39 is 0 Å². The second-order valence-electron chi connectivity index (χ2n) is 5.64. The van der Waals surface area contributed by atoms with Gasteiger partial charge in [-0.2, -0.15) is 0 Å². The van der Waals surface area contributed by atoms with Gasteiger partial charge in [0, 0.05) is 19.5 Å². The molecule has 1 aromatic rings. The Morgan fingerprint density at radius 1 is 1.25 bits per heavy atom. The van der Waals surface area contributed by atoms with Gasteiger partial charge in [0.15, 0.2) is 5.78 Å². The average molecular weight is 275 g/mol. The number of nitrogens with zero attached hydrogens (tertiary/aromatic N) is 1. The highest BCUT2D eigenvalue weighted by molar-refractivity contribution is 5.88. The van der Waals surface area contributed by atoms with Gasteiger partial charge in [0.1, 0.15) is 0 Å². The largest absolute Gasteiger partial charge is 0.379 e. The van der Waals surface area contributed by atoms with Crippen LogP contribution in [0.5, 0.6) is 0 Å². The third kappa shape index (κ3) is 3.47. The van der Waals surface area contributed by atoms with Gasteiger partial charge in [-0.25, -0.2) is 0 Å². The smallest absolute Gasteiger partial charge is 0.153 e. The highest BCUT2D eigenvalue weighted by atomic mass is 16.5. The summed E-state index contributed by atoms with van der Waals surface area (Å²) in [6, 6.07) is 10.2. The minimum absolute atomic E-state index is 0.335. The summed E-state index contributed by atoms with van der Waals surface area (Å²) in [5.41, 5.74) is 0.903. The molecule has 3 heteroatoms. The first-order valence-corrected chi connectivity index (χ1v) is 7.57. The zero-order valence-electron chi connectivity index (χ0n) is 12.6. The quantitative estimate of drug-likeness (QED) is 0.799. The van der Waals surface area contributed by atoms with Crippen LogP contribution in [0.15, 0.2) is 30.3 Å². The Morgan fingerprint density at radius 3 is 2.50 bits per heavy atom. The summed E-state index contributed by atoms with van der Waals surface area (Å²) in [5.74, 6) is 0.353. The summed E-state index contributed by atoms with van der Waals surface area (Å²) < 4.78 is 5.40. The Hall–Kier alpha value is -1.19. The van der Waals surface area contributed by atoms with Gasteiger partial charge in [0.05, 0.1) is 18.8 Å². The van der Waals surface area contributed by atoms with Crippen molar-refractivity contribution in [2.75, 3.05) is 26.3 Å². The molecule has 1 atom stereocenters. The molecule has 0 saturated carbocycles. The molecule has 0 N–H and O–H groups in total. The first kappa shape index (κ1) is 15.2. The second kappa shape index (κ2) is 7.00. The Kier molecular flexibility index (Phi) is 5.32. The van der Waals surface area contributed by atoms with Gasteiger partial charge in [0.25, 0.3) is 0 Å². The predicted octanol–water partition coefficient (Wildman–Crippen LogP) is 2.69. The SMILES string of the molecule is CCC(C)(C(=O)CCc1ccccc1)N1CCOCC1. The zero-order chi connectivity index (χ0) is 14.4. The number of ether oxygens (including phenoxy) is 1. The molecule has 0 spiro atoms. The van der Waals surface area contributed by atoms with Crippen molar-refractivity contribution < 1.29 is 9.53 Å². The van der Waals surface area contributed by atoms with Crippen LogP contribution in [-0.4, -0.2) is 42.5 Å². The van der Waals surface area contributed by atoms with E-state index in [9.17, 15) is 4.79 Å². The fraction of sp³-hybridized carbons (Fsp3) is 0.588. The highest BCUT2D eigenvalue weighted by Crippen LogP contribution is 2.24. The molecule has 1 fully saturated rings. The third-order valence-corrected chi connectivity index (χ3v) is 4.48. The molecular formula is C17H25NO2. The lowest BCUT2D eigenvalue weighted by molar-refractivity contribution is -0.133. The van der Waals surface area contributed by atoms with Crippen LogP contribution in [0.3, 0.4) is 0 Å². The molecule has 3 nitrogen and oxygen atoms in total. The topological polar surface area (TPSA) is 29.5 Å². The average Bonchev–Trinajstić information content (AvgIpc) is 2.53. The van der Waals surface area contributed by atoms with Crippen LogP contribution in [0.4, 0.5) is 0 Å². The standard InChI is InChI=1S/C17H25NO2/c1-3-17(2,18-11-13-20-14-12-18)16(19)10-9-15-7-5-4-6-8-15/h4-8H,3,9-14H2,1-2H3. The summed E-state index contributed by atoms with van der Waals surface area (Å²) >= 11 is 0. The van der Waals surface area contributed by atoms with Crippen LogP contribution in [0.1, 0.15) is 32.3 Å². The van der Waals surface area contributed by atoms with Gasteiger partial charge in [-0.05, 0) is 25.3 Å². The number of rotatable bonds is 6. The molecule has 20 heavy (non-hydrogen) atoms. The molecule has 1 aliphatic heterocycles. The van der Waals surface area contributed by atoms with Gasteiger partial charge in [0.2, 0.25) is 0 Å². The summed E-state index contributed by atoms with van der Waals surface area (Å²) in [6.45, 7) is 7.40. The number of hydrogen-bond acceptors (Lipinski definition) is 3. The van der Waals surface area contributed by atoms with E-state index in [-0.39, 0.29) is 5.54 Å². The molecule has 0 aliphatic carbocycles. The van der Waals surface area contributed by atoms with Crippen molar-refractivity contribution in [3.05, 3.63) is 35.9 Å². The Bertz CT molecular complexity index is 426. The number of carbonyl (C=O) groups excluding carboxylic acids is 1. The zero-order valence-corrected chi connectivity index (χ0v) is 12.6. The first-order chi connectivity index (χ1) is 9.66. The first-order valence-electron chi connectivity index (χ1n) is 7.57. The summed E-state index contributed by atoms with van der Waals surface area (Å²) in [6.07, 6.45) is 2.31. The van der Waals surface area contributed by atoms with Crippen LogP contribution < -0.4 is 0 Å². The van der Waals surface area contributed by atoms with Gasteiger partial charge >= 0.3 is 0 Å². The summed E-state index contributed by atoms with van der Waals surface area (Å²) in [7, 11) is 0. The van der Waals surface area contributed by atoms with Crippen LogP contribution in [0.25, 0.3) is 0 Å². The number of hydrogen-bond donors (Lipinski definition) is 0. The van der Waals surface area contributed by atoms with E-state index in [1.54, 1.807) is 0 Å². The molecule has 1 aliphatic rings. The molecule has 0 aromatic heterocycles. The van der Waals surface area contributed by atoms with E-state index in [4.69, 9.17) is 4.74 Å². The Morgan fingerprint density at radius 2 is 1.90 bits per heavy atom. The Labute approximate surface area is 121 Å². The van der Waals surface area contributed by atoms with Gasteiger partial charge in [-0.15, -0.1) is 0 Å². The van der Waals surface area contributed by atoms with Crippen molar-refractivity contribution in [1.82, 2.24) is 4.90 Å². The van der Waals surface area contributed by atoms with Crippen molar-refractivity contribution in [3.8, 4) is 0 Å². The maximum atomic E-state index is 12.7. The minimum Gasteiger partial charge on any atom is -0.379 e. The summed E-state index contributed by atoms with van der Waals surface area (Å²) in [4.78, 5) is 15.0. The fourth-order valence-electron chi connectivity index (χ4n) is 2.83. The molecule has 2 rings (SSSR count). The Balaban J connectivity index is 1.97. The maximum absolute atomic E-state index is 12.7. The minimum atomic E-state index is -0.335. The van der Waals surface area contributed by atoms with E-state index in [1.165, 1.54) is 5.56 Å². The van der Waals surface area contributed by atoms with E-state index in [2.05, 4.69) is 30.9 Å². The second-order valence-corrected chi connectivity index (χ2v) is 5.64. The fourth-order valence-corrected chi connectivity index (χ4v) is 2.83. The molecular weight excluding hydrogens is 250 g/mol. The van der Waals surface area contributed by atoms with Crippen LogP contribution >= 0.6 is 0 Å². The van der Waals surface area contributed by atoms with Crippen molar-refractivity contribution in [1.29, 1.82) is 0 Å². The number of carbonyl (C=O) groups is 1. The highest BCUT2D eigenvalue weighted by Gasteiger charge is 2.37. The third-order valence-electron chi connectivity index (χ3n) is 4.48. The molecule has 0 amide bonds. The van der Waals surface area contributed by atoms with Gasteiger partial charge in [-0.3, -0.25) is 9.69 Å². The lowest BCUT2D eigenvalue weighted by Gasteiger charge is -2.41. The van der Waals surface area contributed by atoms with Crippen molar-refractivity contribution in [2.24, 2.45) is 0 Å². The normalized spacial score (nSPS) is 19.5. The van der Waals surface area contributed by atoms with Crippen LogP contribution in [0, 0.1) is 0 Å². The molecule has 110 valence electrons. The van der Waals surface area contributed by atoms with Gasteiger partial charge in [-0.1, -0.05) is 37.3 Å². The number of Topliss-reactive ketones (excluding diaryl/α,β-unsaturated/α-hetero) is 1. The van der Waals surface area contributed by atoms with E-state index in [1.807, 2.05) is 18.2 Å².